The van der Waals surface area contributed by atoms with E-state index in [1.54, 1.807) is 26.3 Å². The number of nitrogens with zero attached hydrogens (tertiary/aromatic N) is 1. The standard InChI is InChI=1S/C21H27FN4O2/c1-23-21(25-11-10-17-7-3-4-9-19(17)28-2)26-13-12-24-20(27)15-16-6-5-8-18(22)14-16/h3-9,14H,10-13,15H2,1-2H3,(H,24,27)(H2,23,25,26). The molecular weight excluding hydrogens is 359 g/mol. The number of nitrogens with one attached hydrogen (secondary N) is 3. The number of benzene rings is 2. The van der Waals surface area contributed by atoms with Crippen molar-refractivity contribution in [1.29, 1.82) is 0 Å². The molecule has 0 bridgehead atoms. The summed E-state index contributed by atoms with van der Waals surface area (Å²) < 4.78 is 18.5. The molecule has 0 heterocycles. The molecule has 0 aliphatic carbocycles. The maximum atomic E-state index is 13.1. The monoisotopic (exact) mass is 386 g/mol. The number of methoxy groups -OCH3 is 1. The van der Waals surface area contributed by atoms with Gasteiger partial charge in [-0.25, -0.2) is 4.39 Å². The fourth-order valence-electron chi connectivity index (χ4n) is 2.72. The highest BCUT2D eigenvalue weighted by Crippen LogP contribution is 2.17. The second kappa shape index (κ2) is 11.6. The van der Waals surface area contributed by atoms with Crippen LogP contribution in [0.2, 0.25) is 0 Å². The molecule has 2 rings (SSSR count). The molecule has 150 valence electrons. The molecule has 0 unspecified atom stereocenters. The van der Waals surface area contributed by atoms with Crippen LogP contribution in [-0.2, 0) is 17.6 Å². The molecule has 0 radical (unpaired) electrons. The van der Waals surface area contributed by atoms with Gasteiger partial charge in [-0.05, 0) is 35.7 Å². The zero-order chi connectivity index (χ0) is 20.2. The van der Waals surface area contributed by atoms with E-state index in [4.69, 9.17) is 4.74 Å². The van der Waals surface area contributed by atoms with Crippen LogP contribution in [0.4, 0.5) is 4.39 Å². The van der Waals surface area contributed by atoms with Gasteiger partial charge < -0.3 is 20.7 Å². The normalized spacial score (nSPS) is 11.0. The molecule has 0 saturated carbocycles. The highest BCUT2D eigenvalue weighted by atomic mass is 19.1. The van der Waals surface area contributed by atoms with Crippen molar-refractivity contribution in [2.75, 3.05) is 33.8 Å². The molecule has 28 heavy (non-hydrogen) atoms. The van der Waals surface area contributed by atoms with Crippen molar-refractivity contribution >= 4 is 11.9 Å². The van der Waals surface area contributed by atoms with Gasteiger partial charge in [-0.2, -0.15) is 0 Å². The van der Waals surface area contributed by atoms with Gasteiger partial charge in [-0.1, -0.05) is 30.3 Å². The average Bonchev–Trinajstić information content (AvgIpc) is 2.70. The third-order valence-corrected chi connectivity index (χ3v) is 4.10. The van der Waals surface area contributed by atoms with Gasteiger partial charge in [0.2, 0.25) is 5.91 Å². The Hall–Kier alpha value is -3.09. The van der Waals surface area contributed by atoms with Crippen LogP contribution in [0.5, 0.6) is 5.75 Å². The van der Waals surface area contributed by atoms with Gasteiger partial charge in [-0.3, -0.25) is 9.79 Å². The number of halogens is 1. The molecule has 3 N–H and O–H groups in total. The van der Waals surface area contributed by atoms with E-state index in [0.29, 0.717) is 31.2 Å². The molecule has 0 spiro atoms. The first kappa shape index (κ1) is 21.2. The van der Waals surface area contributed by atoms with Crippen LogP contribution in [0, 0.1) is 5.82 Å². The molecule has 1 amide bonds. The zero-order valence-corrected chi connectivity index (χ0v) is 16.3. The minimum Gasteiger partial charge on any atom is -0.496 e. The van der Waals surface area contributed by atoms with E-state index in [1.165, 1.54) is 12.1 Å². The first-order valence-electron chi connectivity index (χ1n) is 9.20. The highest BCUT2D eigenvalue weighted by molar-refractivity contribution is 5.80. The summed E-state index contributed by atoms with van der Waals surface area (Å²) in [6.07, 6.45) is 0.957. The summed E-state index contributed by atoms with van der Waals surface area (Å²) in [5.74, 6) is 1.05. The lowest BCUT2D eigenvalue weighted by Gasteiger charge is -2.13. The number of carbonyl (C=O) groups excluding carboxylic acids is 1. The lowest BCUT2D eigenvalue weighted by molar-refractivity contribution is -0.120. The number of amides is 1. The number of rotatable bonds is 9. The molecule has 0 saturated heterocycles. The lowest BCUT2D eigenvalue weighted by atomic mass is 10.1. The van der Waals surface area contributed by atoms with Crippen LogP contribution in [0.1, 0.15) is 11.1 Å². The number of guanidine groups is 1. The number of ether oxygens (including phenoxy) is 1. The summed E-state index contributed by atoms with van der Waals surface area (Å²) in [5.41, 5.74) is 1.77. The molecular formula is C21H27FN4O2. The van der Waals surface area contributed by atoms with E-state index in [2.05, 4.69) is 20.9 Å². The molecule has 0 fully saturated rings. The van der Waals surface area contributed by atoms with Gasteiger partial charge in [0, 0.05) is 26.7 Å². The van der Waals surface area contributed by atoms with Crippen LogP contribution >= 0.6 is 0 Å². The number of carbonyl (C=O) groups is 1. The van der Waals surface area contributed by atoms with Crippen molar-refractivity contribution in [2.45, 2.75) is 12.8 Å². The minimum absolute atomic E-state index is 0.147. The van der Waals surface area contributed by atoms with E-state index in [1.807, 2.05) is 24.3 Å². The Kier molecular flexibility index (Phi) is 8.78. The molecule has 6 nitrogen and oxygen atoms in total. The smallest absolute Gasteiger partial charge is 0.224 e. The van der Waals surface area contributed by atoms with Gasteiger partial charge >= 0.3 is 0 Å². The number of aliphatic imine (C=N–C) groups is 1. The van der Waals surface area contributed by atoms with Crippen LogP contribution in [0.25, 0.3) is 0 Å². The molecule has 2 aromatic rings. The number of hydrogen-bond donors (Lipinski definition) is 3. The maximum absolute atomic E-state index is 13.1. The Bertz CT molecular complexity index is 795. The predicted molar refractivity (Wildman–Crippen MR) is 109 cm³/mol. The van der Waals surface area contributed by atoms with Crippen LogP contribution in [0.15, 0.2) is 53.5 Å². The van der Waals surface area contributed by atoms with Crippen molar-refractivity contribution < 1.29 is 13.9 Å². The molecule has 0 aliphatic heterocycles. The van der Waals surface area contributed by atoms with E-state index in [-0.39, 0.29) is 18.1 Å². The Balaban J connectivity index is 1.64. The van der Waals surface area contributed by atoms with Crippen molar-refractivity contribution in [3.05, 3.63) is 65.5 Å². The van der Waals surface area contributed by atoms with Crippen molar-refractivity contribution in [2.24, 2.45) is 4.99 Å². The summed E-state index contributed by atoms with van der Waals surface area (Å²) in [6.45, 7) is 1.68. The summed E-state index contributed by atoms with van der Waals surface area (Å²) >= 11 is 0. The molecule has 0 aliphatic rings. The summed E-state index contributed by atoms with van der Waals surface area (Å²) in [5, 5.41) is 9.18. The first-order chi connectivity index (χ1) is 13.6. The molecule has 2 aromatic carbocycles. The minimum atomic E-state index is -0.338. The van der Waals surface area contributed by atoms with Crippen LogP contribution in [-0.4, -0.2) is 45.7 Å². The molecule has 0 aromatic heterocycles. The van der Waals surface area contributed by atoms with E-state index >= 15 is 0 Å². The van der Waals surface area contributed by atoms with E-state index in [0.717, 1.165) is 17.7 Å². The van der Waals surface area contributed by atoms with Crippen LogP contribution in [0.3, 0.4) is 0 Å². The van der Waals surface area contributed by atoms with Crippen molar-refractivity contribution in [3.63, 3.8) is 0 Å². The van der Waals surface area contributed by atoms with Crippen molar-refractivity contribution in [3.8, 4) is 5.75 Å². The Morgan fingerprint density at radius 1 is 1.04 bits per heavy atom. The van der Waals surface area contributed by atoms with Gasteiger partial charge in [-0.15, -0.1) is 0 Å². The van der Waals surface area contributed by atoms with Gasteiger partial charge in [0.15, 0.2) is 5.96 Å². The Labute approximate surface area is 165 Å². The topological polar surface area (TPSA) is 74.8 Å². The Morgan fingerprint density at radius 3 is 2.54 bits per heavy atom. The SMILES string of the molecule is CN=C(NCCNC(=O)Cc1cccc(F)c1)NCCc1ccccc1OC. The quantitative estimate of drug-likeness (QED) is 0.350. The number of hydrogen-bond acceptors (Lipinski definition) is 3. The fraction of sp³-hybridized carbons (Fsp3) is 0.333. The summed E-state index contributed by atoms with van der Waals surface area (Å²) in [4.78, 5) is 16.1. The molecule has 7 heteroatoms. The molecule has 0 atom stereocenters. The first-order valence-corrected chi connectivity index (χ1v) is 9.20. The largest absolute Gasteiger partial charge is 0.496 e. The summed E-state index contributed by atoms with van der Waals surface area (Å²) in [7, 11) is 3.36. The third kappa shape index (κ3) is 7.26. The van der Waals surface area contributed by atoms with Gasteiger partial charge in [0.05, 0.1) is 13.5 Å². The summed E-state index contributed by atoms with van der Waals surface area (Å²) in [6, 6.07) is 14.0. The van der Waals surface area contributed by atoms with Gasteiger partial charge in [0.25, 0.3) is 0 Å². The van der Waals surface area contributed by atoms with E-state index in [9.17, 15) is 9.18 Å². The maximum Gasteiger partial charge on any atom is 0.224 e. The second-order valence-electron chi connectivity index (χ2n) is 6.14. The highest BCUT2D eigenvalue weighted by Gasteiger charge is 2.05. The fourth-order valence-corrected chi connectivity index (χ4v) is 2.72. The zero-order valence-electron chi connectivity index (χ0n) is 16.3. The second-order valence-corrected chi connectivity index (χ2v) is 6.14. The number of para-hydroxylation sites is 1. The van der Waals surface area contributed by atoms with E-state index < -0.39 is 0 Å². The van der Waals surface area contributed by atoms with Crippen molar-refractivity contribution in [1.82, 2.24) is 16.0 Å². The average molecular weight is 386 g/mol. The predicted octanol–water partition coefficient (Wildman–Crippen LogP) is 1.90. The lowest BCUT2D eigenvalue weighted by Crippen LogP contribution is -2.42. The Morgan fingerprint density at radius 2 is 1.79 bits per heavy atom. The third-order valence-electron chi connectivity index (χ3n) is 4.10. The van der Waals surface area contributed by atoms with Gasteiger partial charge in [0.1, 0.15) is 11.6 Å². The van der Waals surface area contributed by atoms with Crippen LogP contribution < -0.4 is 20.7 Å².